The van der Waals surface area contributed by atoms with Gasteiger partial charge in [0.25, 0.3) is 0 Å². The average molecular weight is 292 g/mol. The summed E-state index contributed by atoms with van der Waals surface area (Å²) in [6, 6.07) is 19.1. The van der Waals surface area contributed by atoms with E-state index in [1.807, 2.05) is 6.07 Å². The third kappa shape index (κ3) is 4.72. The van der Waals surface area contributed by atoms with Crippen LogP contribution >= 0.6 is 17.0 Å². The van der Waals surface area contributed by atoms with E-state index in [2.05, 4.69) is 60.8 Å². The van der Waals surface area contributed by atoms with E-state index in [0.717, 1.165) is 13.1 Å². The largest absolute Gasteiger partial charge is 0.309 e. The van der Waals surface area contributed by atoms with Crippen molar-refractivity contribution in [1.29, 1.82) is 0 Å². The van der Waals surface area contributed by atoms with Gasteiger partial charge in [0.15, 0.2) is 0 Å². The summed E-state index contributed by atoms with van der Waals surface area (Å²) in [7, 11) is 0. The molecular formula is C15H18BrN. The van der Waals surface area contributed by atoms with E-state index in [0.29, 0.717) is 0 Å². The van der Waals surface area contributed by atoms with Gasteiger partial charge in [-0.15, -0.1) is 17.0 Å². The number of hydrogen-bond donors (Lipinski definition) is 1. The third-order valence-corrected chi connectivity index (χ3v) is 2.62. The summed E-state index contributed by atoms with van der Waals surface area (Å²) < 4.78 is 0. The minimum absolute atomic E-state index is 0. The molecule has 0 saturated carbocycles. The van der Waals surface area contributed by atoms with Gasteiger partial charge in [0, 0.05) is 13.1 Å². The first-order chi connectivity index (χ1) is 7.84. The molecule has 0 aliphatic rings. The standard InChI is InChI=1S/C15H17N.BrH/c1-13-7-9-15(10-8-13)12-16-11-14-5-3-2-4-6-14;/h2-10,16H,11-12H2,1H3;1H. The van der Waals surface area contributed by atoms with Crippen molar-refractivity contribution in [2.24, 2.45) is 0 Å². The summed E-state index contributed by atoms with van der Waals surface area (Å²) >= 11 is 0. The number of benzene rings is 2. The van der Waals surface area contributed by atoms with Crippen LogP contribution in [0.1, 0.15) is 16.7 Å². The fraction of sp³-hybridized carbons (Fsp3) is 0.200. The Morgan fingerprint density at radius 1 is 0.765 bits per heavy atom. The first kappa shape index (κ1) is 13.9. The Morgan fingerprint density at radius 3 is 1.88 bits per heavy atom. The minimum atomic E-state index is 0. The van der Waals surface area contributed by atoms with Crippen molar-refractivity contribution >= 4 is 17.0 Å². The van der Waals surface area contributed by atoms with E-state index in [1.54, 1.807) is 0 Å². The first-order valence-corrected chi connectivity index (χ1v) is 5.65. The molecule has 0 radical (unpaired) electrons. The number of hydrogen-bond acceptors (Lipinski definition) is 1. The number of halogens is 1. The van der Waals surface area contributed by atoms with E-state index >= 15 is 0 Å². The third-order valence-electron chi connectivity index (χ3n) is 2.62. The van der Waals surface area contributed by atoms with Gasteiger partial charge >= 0.3 is 0 Å². The second-order valence-corrected chi connectivity index (χ2v) is 4.07. The molecule has 1 N–H and O–H groups in total. The Balaban J connectivity index is 0.00000144. The van der Waals surface area contributed by atoms with Crippen molar-refractivity contribution in [2.45, 2.75) is 20.0 Å². The van der Waals surface area contributed by atoms with Crippen LogP contribution in [0.5, 0.6) is 0 Å². The van der Waals surface area contributed by atoms with Gasteiger partial charge in [0.05, 0.1) is 0 Å². The fourth-order valence-corrected chi connectivity index (χ4v) is 1.65. The summed E-state index contributed by atoms with van der Waals surface area (Å²) in [5.74, 6) is 0. The zero-order valence-electron chi connectivity index (χ0n) is 10.0. The predicted octanol–water partition coefficient (Wildman–Crippen LogP) is 3.86. The van der Waals surface area contributed by atoms with Crippen LogP contribution in [0.4, 0.5) is 0 Å². The van der Waals surface area contributed by atoms with Gasteiger partial charge < -0.3 is 5.32 Å². The highest BCUT2D eigenvalue weighted by atomic mass is 79.9. The zero-order chi connectivity index (χ0) is 11.2. The Kier molecular flexibility index (Phi) is 5.95. The van der Waals surface area contributed by atoms with E-state index in [1.165, 1.54) is 16.7 Å². The zero-order valence-corrected chi connectivity index (χ0v) is 11.7. The summed E-state index contributed by atoms with van der Waals surface area (Å²) in [6.07, 6.45) is 0. The van der Waals surface area contributed by atoms with Gasteiger partial charge in [-0.25, -0.2) is 0 Å². The molecule has 0 atom stereocenters. The maximum atomic E-state index is 3.44. The molecular weight excluding hydrogens is 274 g/mol. The molecule has 2 aromatic rings. The van der Waals surface area contributed by atoms with Crippen LogP contribution < -0.4 is 5.32 Å². The van der Waals surface area contributed by atoms with Crippen LogP contribution in [-0.2, 0) is 13.1 Å². The topological polar surface area (TPSA) is 12.0 Å². The Hall–Kier alpha value is -1.12. The first-order valence-electron chi connectivity index (χ1n) is 5.65. The molecule has 0 unspecified atom stereocenters. The van der Waals surface area contributed by atoms with Crippen LogP contribution in [0.3, 0.4) is 0 Å². The van der Waals surface area contributed by atoms with Crippen molar-refractivity contribution in [3.8, 4) is 0 Å². The van der Waals surface area contributed by atoms with Gasteiger partial charge in [-0.1, -0.05) is 60.2 Å². The molecule has 0 aliphatic carbocycles. The summed E-state index contributed by atoms with van der Waals surface area (Å²) in [4.78, 5) is 0. The van der Waals surface area contributed by atoms with Crippen LogP contribution in [0.15, 0.2) is 54.6 Å². The molecule has 90 valence electrons. The normalized spacial score (nSPS) is 9.71. The molecule has 1 nitrogen and oxygen atoms in total. The number of aryl methyl sites for hydroxylation is 1. The molecule has 0 bridgehead atoms. The second-order valence-electron chi connectivity index (χ2n) is 4.07. The Morgan fingerprint density at radius 2 is 1.29 bits per heavy atom. The van der Waals surface area contributed by atoms with Crippen LogP contribution in [0.25, 0.3) is 0 Å². The van der Waals surface area contributed by atoms with Gasteiger partial charge in [-0.05, 0) is 18.1 Å². The lowest BCUT2D eigenvalue weighted by Crippen LogP contribution is -2.12. The molecule has 0 amide bonds. The molecule has 0 fully saturated rings. The maximum Gasteiger partial charge on any atom is 0.0208 e. The van der Waals surface area contributed by atoms with Crippen LogP contribution in [-0.4, -0.2) is 0 Å². The summed E-state index contributed by atoms with van der Waals surface area (Å²) in [5.41, 5.74) is 3.97. The highest BCUT2D eigenvalue weighted by Crippen LogP contribution is 2.03. The number of rotatable bonds is 4. The van der Waals surface area contributed by atoms with Crippen molar-refractivity contribution in [3.05, 3.63) is 71.3 Å². The van der Waals surface area contributed by atoms with Crippen molar-refractivity contribution in [2.75, 3.05) is 0 Å². The molecule has 0 aliphatic heterocycles. The van der Waals surface area contributed by atoms with Gasteiger partial charge in [-0.2, -0.15) is 0 Å². The predicted molar refractivity (Wildman–Crippen MR) is 78.5 cm³/mol. The molecule has 0 heterocycles. The smallest absolute Gasteiger partial charge is 0.0208 e. The highest BCUT2D eigenvalue weighted by Gasteiger charge is 1.93. The minimum Gasteiger partial charge on any atom is -0.309 e. The van der Waals surface area contributed by atoms with E-state index < -0.39 is 0 Å². The molecule has 2 heteroatoms. The SMILES string of the molecule is Br.Cc1ccc(CNCc2ccccc2)cc1. The highest BCUT2D eigenvalue weighted by molar-refractivity contribution is 8.93. The summed E-state index contributed by atoms with van der Waals surface area (Å²) in [6.45, 7) is 3.96. The quantitative estimate of drug-likeness (QED) is 0.902. The molecule has 2 rings (SSSR count). The van der Waals surface area contributed by atoms with E-state index in [-0.39, 0.29) is 17.0 Å². The lowest BCUT2D eigenvalue weighted by atomic mass is 10.1. The maximum absolute atomic E-state index is 3.44. The van der Waals surface area contributed by atoms with Gasteiger partial charge in [-0.3, -0.25) is 0 Å². The number of nitrogens with one attached hydrogen (secondary N) is 1. The van der Waals surface area contributed by atoms with E-state index in [9.17, 15) is 0 Å². The monoisotopic (exact) mass is 291 g/mol. The average Bonchev–Trinajstić information content (AvgIpc) is 2.33. The molecule has 0 saturated heterocycles. The Bertz CT molecular complexity index is 422. The van der Waals surface area contributed by atoms with Crippen molar-refractivity contribution in [3.63, 3.8) is 0 Å². The Labute approximate surface area is 114 Å². The second kappa shape index (κ2) is 7.25. The lowest BCUT2D eigenvalue weighted by Gasteiger charge is -2.05. The van der Waals surface area contributed by atoms with Gasteiger partial charge in [0.1, 0.15) is 0 Å². The van der Waals surface area contributed by atoms with Crippen LogP contribution in [0, 0.1) is 6.92 Å². The molecule has 2 aromatic carbocycles. The van der Waals surface area contributed by atoms with Crippen molar-refractivity contribution < 1.29 is 0 Å². The molecule has 0 spiro atoms. The summed E-state index contributed by atoms with van der Waals surface area (Å²) in [5, 5.41) is 3.44. The van der Waals surface area contributed by atoms with Crippen LogP contribution in [0.2, 0.25) is 0 Å². The van der Waals surface area contributed by atoms with Gasteiger partial charge in [0.2, 0.25) is 0 Å². The molecule has 0 aromatic heterocycles. The fourth-order valence-electron chi connectivity index (χ4n) is 1.65. The molecule has 17 heavy (non-hydrogen) atoms. The van der Waals surface area contributed by atoms with E-state index in [4.69, 9.17) is 0 Å². The van der Waals surface area contributed by atoms with Crippen molar-refractivity contribution in [1.82, 2.24) is 5.32 Å². The lowest BCUT2D eigenvalue weighted by molar-refractivity contribution is 0.693.